The summed E-state index contributed by atoms with van der Waals surface area (Å²) in [5.74, 6) is -0.0704. The van der Waals surface area contributed by atoms with Gasteiger partial charge in [0.1, 0.15) is 0 Å². The molecular weight excluding hydrogens is 269 g/mol. The molecule has 4 heteroatoms. The van der Waals surface area contributed by atoms with E-state index in [4.69, 9.17) is 4.74 Å². The molecule has 21 heavy (non-hydrogen) atoms. The van der Waals surface area contributed by atoms with E-state index >= 15 is 0 Å². The van der Waals surface area contributed by atoms with E-state index in [9.17, 15) is 9.18 Å². The third kappa shape index (κ3) is 5.03. The minimum absolute atomic E-state index is 0.0677. The maximum absolute atomic E-state index is 13.6. The second kappa shape index (κ2) is 8.01. The molecule has 0 aromatic heterocycles. The van der Waals surface area contributed by atoms with Gasteiger partial charge in [-0.05, 0) is 37.0 Å². The van der Waals surface area contributed by atoms with Crippen molar-refractivity contribution in [2.75, 3.05) is 7.11 Å². The van der Waals surface area contributed by atoms with Gasteiger partial charge in [-0.1, -0.05) is 31.7 Å². The number of benzene rings is 1. The molecule has 1 aromatic carbocycles. The summed E-state index contributed by atoms with van der Waals surface area (Å²) in [5, 5.41) is 3.11. The Morgan fingerprint density at radius 3 is 2.62 bits per heavy atom. The van der Waals surface area contributed by atoms with E-state index in [1.54, 1.807) is 12.1 Å². The fraction of sp³-hybridized carbons (Fsp3) is 0.588. The summed E-state index contributed by atoms with van der Waals surface area (Å²) < 4.78 is 18.5. The molecule has 1 aliphatic carbocycles. The molecule has 1 N–H and O–H groups in total. The molecule has 1 fully saturated rings. The Morgan fingerprint density at radius 1 is 1.29 bits per heavy atom. The minimum Gasteiger partial charge on any atom is -0.494 e. The van der Waals surface area contributed by atoms with Crippen LogP contribution in [0.25, 0.3) is 0 Å². The number of halogens is 1. The molecular formula is C17H24FNO2. The minimum atomic E-state index is -0.376. The smallest absolute Gasteiger partial charge is 0.220 e. The number of methoxy groups -OCH3 is 1. The highest BCUT2D eigenvalue weighted by Crippen LogP contribution is 2.19. The molecule has 2 rings (SSSR count). The molecule has 116 valence electrons. The molecule has 1 amide bonds. The van der Waals surface area contributed by atoms with Gasteiger partial charge >= 0.3 is 0 Å². The normalized spacial score (nSPS) is 16.3. The van der Waals surface area contributed by atoms with Crippen LogP contribution in [0.5, 0.6) is 5.75 Å². The first-order valence-corrected chi connectivity index (χ1v) is 7.81. The van der Waals surface area contributed by atoms with E-state index < -0.39 is 0 Å². The SMILES string of the molecule is COc1ccc(CCC(=O)NC2CCCCCC2)cc1F. The van der Waals surface area contributed by atoms with Crippen molar-refractivity contribution >= 4 is 5.91 Å². The summed E-state index contributed by atoms with van der Waals surface area (Å²) in [7, 11) is 1.44. The first kappa shape index (κ1) is 15.8. The van der Waals surface area contributed by atoms with Crippen LogP contribution in [-0.4, -0.2) is 19.1 Å². The van der Waals surface area contributed by atoms with E-state index in [1.165, 1.54) is 38.9 Å². The number of hydrogen-bond donors (Lipinski definition) is 1. The van der Waals surface area contributed by atoms with E-state index in [2.05, 4.69) is 5.32 Å². The molecule has 1 aromatic rings. The molecule has 0 saturated heterocycles. The lowest BCUT2D eigenvalue weighted by Crippen LogP contribution is -2.34. The van der Waals surface area contributed by atoms with Crippen molar-refractivity contribution in [2.45, 2.75) is 57.4 Å². The Morgan fingerprint density at radius 2 is 2.00 bits per heavy atom. The fourth-order valence-electron chi connectivity index (χ4n) is 2.85. The Labute approximate surface area is 125 Å². The fourth-order valence-corrected chi connectivity index (χ4v) is 2.85. The Bertz CT molecular complexity index is 468. The molecule has 3 nitrogen and oxygen atoms in total. The van der Waals surface area contributed by atoms with Gasteiger partial charge in [0.2, 0.25) is 5.91 Å². The van der Waals surface area contributed by atoms with Crippen molar-refractivity contribution in [3.63, 3.8) is 0 Å². The van der Waals surface area contributed by atoms with E-state index in [-0.39, 0.29) is 17.5 Å². The van der Waals surface area contributed by atoms with Crippen molar-refractivity contribution in [1.82, 2.24) is 5.32 Å². The Hall–Kier alpha value is -1.58. The van der Waals surface area contributed by atoms with Crippen LogP contribution in [0.1, 0.15) is 50.5 Å². The number of ether oxygens (including phenoxy) is 1. The summed E-state index contributed by atoms with van der Waals surface area (Å²) in [6.45, 7) is 0. The van der Waals surface area contributed by atoms with Crippen LogP contribution in [0.3, 0.4) is 0 Å². The zero-order valence-electron chi connectivity index (χ0n) is 12.7. The zero-order chi connectivity index (χ0) is 15.1. The number of carbonyl (C=O) groups excluding carboxylic acids is 1. The van der Waals surface area contributed by atoms with E-state index in [1.807, 2.05) is 0 Å². The molecule has 0 atom stereocenters. The molecule has 0 heterocycles. The largest absolute Gasteiger partial charge is 0.494 e. The third-order valence-corrected chi connectivity index (χ3v) is 4.08. The first-order chi connectivity index (χ1) is 10.2. The zero-order valence-corrected chi connectivity index (χ0v) is 12.7. The monoisotopic (exact) mass is 293 g/mol. The highest BCUT2D eigenvalue weighted by Gasteiger charge is 2.14. The van der Waals surface area contributed by atoms with Crippen molar-refractivity contribution in [2.24, 2.45) is 0 Å². The Balaban J connectivity index is 1.79. The van der Waals surface area contributed by atoms with Crippen molar-refractivity contribution < 1.29 is 13.9 Å². The highest BCUT2D eigenvalue weighted by molar-refractivity contribution is 5.76. The second-order valence-corrected chi connectivity index (χ2v) is 5.72. The number of nitrogens with one attached hydrogen (secondary N) is 1. The first-order valence-electron chi connectivity index (χ1n) is 7.81. The van der Waals surface area contributed by atoms with Crippen LogP contribution in [0.4, 0.5) is 4.39 Å². The lowest BCUT2D eigenvalue weighted by Gasteiger charge is -2.16. The van der Waals surface area contributed by atoms with Gasteiger partial charge in [0.25, 0.3) is 0 Å². The van der Waals surface area contributed by atoms with Gasteiger partial charge in [0.05, 0.1) is 7.11 Å². The molecule has 0 radical (unpaired) electrons. The Kier molecular flexibility index (Phi) is 6.03. The summed E-state index contributed by atoms with van der Waals surface area (Å²) in [6, 6.07) is 5.18. The topological polar surface area (TPSA) is 38.3 Å². The van der Waals surface area contributed by atoms with Crippen LogP contribution in [0.2, 0.25) is 0 Å². The molecule has 1 aliphatic rings. The van der Waals surface area contributed by atoms with Crippen molar-refractivity contribution in [1.29, 1.82) is 0 Å². The second-order valence-electron chi connectivity index (χ2n) is 5.72. The van der Waals surface area contributed by atoms with Crippen LogP contribution in [0, 0.1) is 5.82 Å². The lowest BCUT2D eigenvalue weighted by molar-refractivity contribution is -0.121. The van der Waals surface area contributed by atoms with Crippen LogP contribution in [-0.2, 0) is 11.2 Å². The average Bonchev–Trinajstić information content (AvgIpc) is 2.74. The highest BCUT2D eigenvalue weighted by atomic mass is 19.1. The van der Waals surface area contributed by atoms with Gasteiger partial charge in [0, 0.05) is 12.5 Å². The summed E-state index contributed by atoms with van der Waals surface area (Å²) in [6.07, 6.45) is 8.09. The number of aryl methyl sites for hydroxylation is 1. The van der Waals surface area contributed by atoms with Crippen LogP contribution >= 0.6 is 0 Å². The molecule has 0 unspecified atom stereocenters. The maximum atomic E-state index is 13.6. The van der Waals surface area contributed by atoms with Gasteiger partial charge in [-0.25, -0.2) is 4.39 Å². The summed E-state index contributed by atoms with van der Waals surface area (Å²) in [5.41, 5.74) is 0.823. The van der Waals surface area contributed by atoms with Gasteiger partial charge in [-0.15, -0.1) is 0 Å². The number of hydrogen-bond acceptors (Lipinski definition) is 2. The predicted octanol–water partition coefficient (Wildman–Crippen LogP) is 3.61. The summed E-state index contributed by atoms with van der Waals surface area (Å²) >= 11 is 0. The van der Waals surface area contributed by atoms with Crippen molar-refractivity contribution in [3.8, 4) is 5.75 Å². The van der Waals surface area contributed by atoms with Gasteiger partial charge in [0.15, 0.2) is 11.6 Å². The van der Waals surface area contributed by atoms with Crippen LogP contribution < -0.4 is 10.1 Å². The quantitative estimate of drug-likeness (QED) is 0.842. The number of amides is 1. The third-order valence-electron chi connectivity index (χ3n) is 4.08. The van der Waals surface area contributed by atoms with Gasteiger partial charge in [-0.2, -0.15) is 0 Å². The molecule has 0 aliphatic heterocycles. The predicted molar refractivity (Wildman–Crippen MR) is 80.9 cm³/mol. The standard InChI is InChI=1S/C17H24FNO2/c1-21-16-10-8-13(12-15(16)18)9-11-17(20)19-14-6-4-2-3-5-7-14/h8,10,12,14H,2-7,9,11H2,1H3,(H,19,20). The number of rotatable bonds is 5. The molecule has 0 bridgehead atoms. The van der Waals surface area contributed by atoms with Gasteiger partial charge < -0.3 is 10.1 Å². The average molecular weight is 293 g/mol. The van der Waals surface area contributed by atoms with E-state index in [0.29, 0.717) is 18.9 Å². The number of carbonyl (C=O) groups is 1. The van der Waals surface area contributed by atoms with Crippen molar-refractivity contribution in [3.05, 3.63) is 29.6 Å². The molecule has 1 saturated carbocycles. The maximum Gasteiger partial charge on any atom is 0.220 e. The molecule has 0 spiro atoms. The van der Waals surface area contributed by atoms with E-state index in [0.717, 1.165) is 18.4 Å². The van der Waals surface area contributed by atoms with Gasteiger partial charge in [-0.3, -0.25) is 4.79 Å². The summed E-state index contributed by atoms with van der Waals surface area (Å²) in [4.78, 5) is 12.0. The van der Waals surface area contributed by atoms with Crippen LogP contribution in [0.15, 0.2) is 18.2 Å². The lowest BCUT2D eigenvalue weighted by atomic mass is 10.1.